The number of nitrogens with zero attached hydrogens (tertiary/aromatic N) is 5. The molecule has 2 aliphatic rings. The van der Waals surface area contributed by atoms with Gasteiger partial charge in [0.25, 0.3) is 0 Å². The van der Waals surface area contributed by atoms with E-state index in [0.717, 1.165) is 66.4 Å². The van der Waals surface area contributed by atoms with Crippen molar-refractivity contribution in [1.29, 1.82) is 0 Å². The Labute approximate surface area is 179 Å². The Morgan fingerprint density at radius 3 is 2.80 bits per heavy atom. The lowest BCUT2D eigenvalue weighted by Crippen LogP contribution is -2.52. The molecule has 156 valence electrons. The SMILES string of the molecule is CN=C[C@H]1C[C@H](C(=O)N2CCN(c3ccnc4[nH]c(-c5csc(C)n5)cc34)CC2)C1. The lowest BCUT2D eigenvalue weighted by Gasteiger charge is -2.40. The van der Waals surface area contributed by atoms with Gasteiger partial charge in [0.15, 0.2) is 0 Å². The van der Waals surface area contributed by atoms with Crippen LogP contribution in [0.2, 0.25) is 0 Å². The molecular formula is C22H26N6OS. The van der Waals surface area contributed by atoms with Crippen LogP contribution in [0, 0.1) is 18.8 Å². The molecular weight excluding hydrogens is 396 g/mol. The number of aliphatic imine (C=N–C) groups is 1. The number of anilines is 1. The number of nitrogens with one attached hydrogen (secondary N) is 1. The van der Waals surface area contributed by atoms with E-state index in [4.69, 9.17) is 0 Å². The molecule has 0 atom stereocenters. The molecule has 1 aliphatic carbocycles. The van der Waals surface area contributed by atoms with Crippen molar-refractivity contribution in [3.63, 3.8) is 0 Å². The number of hydrogen-bond donors (Lipinski definition) is 1. The molecule has 8 heteroatoms. The van der Waals surface area contributed by atoms with Crippen molar-refractivity contribution in [2.45, 2.75) is 19.8 Å². The van der Waals surface area contributed by atoms with E-state index in [1.165, 1.54) is 5.69 Å². The van der Waals surface area contributed by atoms with Gasteiger partial charge in [-0.2, -0.15) is 0 Å². The Morgan fingerprint density at radius 2 is 2.10 bits per heavy atom. The van der Waals surface area contributed by atoms with Gasteiger partial charge < -0.3 is 19.8 Å². The highest BCUT2D eigenvalue weighted by Crippen LogP contribution is 2.35. The van der Waals surface area contributed by atoms with Crippen molar-refractivity contribution < 1.29 is 4.79 Å². The first-order valence-electron chi connectivity index (χ1n) is 10.5. The number of hydrogen-bond acceptors (Lipinski definition) is 6. The Hall–Kier alpha value is -2.74. The van der Waals surface area contributed by atoms with Crippen LogP contribution in [0.3, 0.4) is 0 Å². The molecule has 7 nitrogen and oxygen atoms in total. The first-order valence-corrected chi connectivity index (χ1v) is 11.4. The lowest BCUT2D eigenvalue weighted by molar-refractivity contribution is -0.139. The standard InChI is InChI=1S/C22H26N6OS/c1-14-25-19(13-30-14)18-11-17-20(3-4-24-21(17)26-18)27-5-7-28(8-6-27)22(29)16-9-15(10-16)12-23-2/h3-4,11-13,15-16H,5-10H2,1-2H3,(H,24,26)/t15-,16-. The summed E-state index contributed by atoms with van der Waals surface area (Å²) in [6.45, 7) is 5.24. The second-order valence-corrected chi connectivity index (χ2v) is 9.24. The van der Waals surface area contributed by atoms with Gasteiger partial charge in [0.2, 0.25) is 5.91 Å². The first kappa shape index (κ1) is 19.2. The largest absolute Gasteiger partial charge is 0.367 e. The summed E-state index contributed by atoms with van der Waals surface area (Å²) in [5.74, 6) is 0.985. The fourth-order valence-electron chi connectivity index (χ4n) is 4.54. The molecule has 1 aliphatic heterocycles. The van der Waals surface area contributed by atoms with Gasteiger partial charge >= 0.3 is 0 Å². The summed E-state index contributed by atoms with van der Waals surface area (Å²) in [5, 5.41) is 4.23. The van der Waals surface area contributed by atoms with E-state index in [9.17, 15) is 4.79 Å². The smallest absolute Gasteiger partial charge is 0.225 e. The maximum atomic E-state index is 12.8. The van der Waals surface area contributed by atoms with Crippen molar-refractivity contribution in [1.82, 2.24) is 19.9 Å². The summed E-state index contributed by atoms with van der Waals surface area (Å²) in [6, 6.07) is 4.22. The number of aromatic amines is 1. The highest BCUT2D eigenvalue weighted by Gasteiger charge is 2.36. The Bertz CT molecular complexity index is 1090. The molecule has 1 saturated carbocycles. The number of carbonyl (C=O) groups is 1. The van der Waals surface area contributed by atoms with E-state index >= 15 is 0 Å². The van der Waals surface area contributed by atoms with Crippen molar-refractivity contribution >= 4 is 40.2 Å². The molecule has 0 bridgehead atoms. The summed E-state index contributed by atoms with van der Waals surface area (Å²) >= 11 is 1.65. The van der Waals surface area contributed by atoms with Crippen molar-refractivity contribution in [3.05, 3.63) is 28.7 Å². The van der Waals surface area contributed by atoms with Gasteiger partial charge in [-0.05, 0) is 37.8 Å². The quantitative estimate of drug-likeness (QED) is 0.654. The summed E-state index contributed by atoms with van der Waals surface area (Å²) in [6.07, 6.45) is 5.73. The molecule has 2 fully saturated rings. The van der Waals surface area contributed by atoms with Gasteiger partial charge in [-0.25, -0.2) is 9.97 Å². The number of amides is 1. The third-order valence-electron chi connectivity index (χ3n) is 6.22. The van der Waals surface area contributed by atoms with Crippen LogP contribution in [0.1, 0.15) is 17.8 Å². The van der Waals surface area contributed by atoms with Gasteiger partial charge in [-0.15, -0.1) is 11.3 Å². The minimum Gasteiger partial charge on any atom is -0.367 e. The number of aryl methyl sites for hydroxylation is 1. The second kappa shape index (κ2) is 7.83. The molecule has 1 amide bonds. The molecule has 0 radical (unpaired) electrons. The van der Waals surface area contributed by atoms with Crippen molar-refractivity contribution in [2.75, 3.05) is 38.1 Å². The van der Waals surface area contributed by atoms with Crippen LogP contribution in [-0.4, -0.2) is 65.2 Å². The third-order valence-corrected chi connectivity index (χ3v) is 6.99. The third kappa shape index (κ3) is 3.49. The zero-order valence-corrected chi connectivity index (χ0v) is 18.2. The van der Waals surface area contributed by atoms with Crippen LogP contribution in [0.5, 0.6) is 0 Å². The topological polar surface area (TPSA) is 77.5 Å². The van der Waals surface area contributed by atoms with Crippen LogP contribution in [0.4, 0.5) is 5.69 Å². The van der Waals surface area contributed by atoms with Crippen LogP contribution in [0.25, 0.3) is 22.4 Å². The predicted octanol–water partition coefficient (Wildman–Crippen LogP) is 3.37. The molecule has 4 heterocycles. The van der Waals surface area contributed by atoms with Crippen molar-refractivity contribution in [3.8, 4) is 11.4 Å². The summed E-state index contributed by atoms with van der Waals surface area (Å²) in [5.41, 5.74) is 4.01. The summed E-state index contributed by atoms with van der Waals surface area (Å²) in [4.78, 5) is 33.8. The van der Waals surface area contributed by atoms with E-state index in [0.29, 0.717) is 11.8 Å². The van der Waals surface area contributed by atoms with E-state index in [1.807, 2.05) is 24.2 Å². The van der Waals surface area contributed by atoms with Gasteiger partial charge in [0, 0.05) is 68.0 Å². The number of fused-ring (bicyclic) bond motifs is 1. The zero-order chi connectivity index (χ0) is 20.7. The predicted molar refractivity (Wildman–Crippen MR) is 121 cm³/mol. The van der Waals surface area contributed by atoms with E-state index < -0.39 is 0 Å². The Kier molecular flexibility index (Phi) is 5.02. The van der Waals surface area contributed by atoms with E-state index in [-0.39, 0.29) is 5.92 Å². The molecule has 0 spiro atoms. The van der Waals surface area contributed by atoms with E-state index in [2.05, 4.69) is 42.4 Å². The van der Waals surface area contributed by atoms with Crippen LogP contribution >= 0.6 is 11.3 Å². The molecule has 3 aromatic rings. The normalized spacial score (nSPS) is 22.1. The number of pyridine rings is 1. The van der Waals surface area contributed by atoms with Crippen LogP contribution in [-0.2, 0) is 4.79 Å². The Balaban J connectivity index is 1.28. The maximum Gasteiger partial charge on any atom is 0.225 e. The average Bonchev–Trinajstić information content (AvgIpc) is 3.36. The monoisotopic (exact) mass is 422 g/mol. The molecule has 1 N–H and O–H groups in total. The minimum atomic E-state index is 0.181. The van der Waals surface area contributed by atoms with E-state index in [1.54, 1.807) is 18.4 Å². The van der Waals surface area contributed by atoms with Gasteiger partial charge in [-0.3, -0.25) is 4.79 Å². The lowest BCUT2D eigenvalue weighted by atomic mass is 9.75. The first-order chi connectivity index (χ1) is 14.6. The maximum absolute atomic E-state index is 12.8. The highest BCUT2D eigenvalue weighted by molar-refractivity contribution is 7.09. The highest BCUT2D eigenvalue weighted by atomic mass is 32.1. The number of rotatable bonds is 4. The molecule has 1 saturated heterocycles. The summed E-state index contributed by atoms with van der Waals surface area (Å²) in [7, 11) is 1.80. The summed E-state index contributed by atoms with van der Waals surface area (Å²) < 4.78 is 0. The molecule has 30 heavy (non-hydrogen) atoms. The number of aromatic nitrogens is 3. The number of H-pyrrole nitrogens is 1. The van der Waals surface area contributed by atoms with Gasteiger partial charge in [0.1, 0.15) is 5.65 Å². The molecule has 0 unspecified atom stereocenters. The van der Waals surface area contributed by atoms with Gasteiger partial charge in [0.05, 0.1) is 16.4 Å². The van der Waals surface area contributed by atoms with Crippen molar-refractivity contribution in [2.24, 2.45) is 16.8 Å². The average molecular weight is 423 g/mol. The Morgan fingerprint density at radius 1 is 1.30 bits per heavy atom. The van der Waals surface area contributed by atoms with Gasteiger partial charge in [-0.1, -0.05) is 0 Å². The van der Waals surface area contributed by atoms with Crippen LogP contribution < -0.4 is 4.90 Å². The number of carbonyl (C=O) groups excluding carboxylic acids is 1. The molecule has 3 aromatic heterocycles. The second-order valence-electron chi connectivity index (χ2n) is 8.18. The number of piperazine rings is 1. The number of thiazole rings is 1. The minimum absolute atomic E-state index is 0.181. The fourth-order valence-corrected chi connectivity index (χ4v) is 5.15. The fraction of sp³-hybridized carbons (Fsp3) is 0.455. The zero-order valence-electron chi connectivity index (χ0n) is 17.3. The molecule has 5 rings (SSSR count). The van der Waals surface area contributed by atoms with Crippen LogP contribution in [0.15, 0.2) is 28.7 Å². The molecule has 0 aromatic carbocycles.